The molecule has 1 aromatic rings. The van der Waals surface area contributed by atoms with E-state index < -0.39 is 6.10 Å². The predicted octanol–water partition coefficient (Wildman–Crippen LogP) is 1.56. The first-order valence-electron chi connectivity index (χ1n) is 4.62. The Morgan fingerprint density at radius 2 is 2.00 bits per heavy atom. The average Bonchev–Trinajstić information content (AvgIpc) is 2.62. The number of rotatable bonds is 2. The molecule has 2 rings (SSSR count). The zero-order valence-corrected chi connectivity index (χ0v) is 9.82. The lowest BCUT2D eigenvalue weighted by Gasteiger charge is -2.16. The number of hydrogen-bond acceptors (Lipinski definition) is 4. The van der Waals surface area contributed by atoms with Crippen molar-refractivity contribution in [3.05, 3.63) is 22.2 Å². The van der Waals surface area contributed by atoms with Crippen LogP contribution in [0, 0.1) is 0 Å². The molecule has 0 aliphatic carbocycles. The minimum Gasteiger partial charge on any atom is -0.454 e. The molecule has 1 aliphatic rings. The SMILES string of the molecule is CC(N)C(O)c1cc2c(cc1Br)OCO2. The van der Waals surface area contributed by atoms with Crippen LogP contribution >= 0.6 is 15.9 Å². The Morgan fingerprint density at radius 1 is 1.40 bits per heavy atom. The topological polar surface area (TPSA) is 64.7 Å². The quantitative estimate of drug-likeness (QED) is 0.859. The zero-order chi connectivity index (χ0) is 11.0. The van der Waals surface area contributed by atoms with Crippen molar-refractivity contribution in [3.8, 4) is 11.5 Å². The predicted molar refractivity (Wildman–Crippen MR) is 58.9 cm³/mol. The number of benzene rings is 1. The van der Waals surface area contributed by atoms with Gasteiger partial charge in [-0.25, -0.2) is 0 Å². The minimum atomic E-state index is -0.714. The summed E-state index contributed by atoms with van der Waals surface area (Å²) in [5, 5.41) is 9.86. The summed E-state index contributed by atoms with van der Waals surface area (Å²) in [5.74, 6) is 1.33. The molecule has 4 nitrogen and oxygen atoms in total. The van der Waals surface area contributed by atoms with Crippen LogP contribution in [0.2, 0.25) is 0 Å². The normalized spacial score (nSPS) is 17.6. The minimum absolute atomic E-state index is 0.222. The fourth-order valence-corrected chi connectivity index (χ4v) is 2.00. The van der Waals surface area contributed by atoms with Gasteiger partial charge in [0.1, 0.15) is 0 Å². The first-order chi connectivity index (χ1) is 7.09. The molecule has 82 valence electrons. The average molecular weight is 274 g/mol. The third-order valence-corrected chi connectivity index (χ3v) is 3.00. The summed E-state index contributed by atoms with van der Waals surface area (Å²) >= 11 is 3.37. The molecule has 0 spiro atoms. The third kappa shape index (κ3) is 1.95. The highest BCUT2D eigenvalue weighted by atomic mass is 79.9. The van der Waals surface area contributed by atoms with E-state index in [0.29, 0.717) is 17.1 Å². The summed E-state index contributed by atoms with van der Waals surface area (Å²) in [4.78, 5) is 0. The Morgan fingerprint density at radius 3 is 2.60 bits per heavy atom. The second kappa shape index (κ2) is 4.00. The van der Waals surface area contributed by atoms with E-state index in [1.807, 2.05) is 0 Å². The number of nitrogens with two attached hydrogens (primary N) is 1. The van der Waals surface area contributed by atoms with Crippen molar-refractivity contribution in [2.45, 2.75) is 19.1 Å². The van der Waals surface area contributed by atoms with Gasteiger partial charge in [-0.15, -0.1) is 0 Å². The van der Waals surface area contributed by atoms with Gasteiger partial charge < -0.3 is 20.3 Å². The first kappa shape index (κ1) is 10.7. The molecule has 0 fully saturated rings. The number of hydrogen-bond donors (Lipinski definition) is 2. The van der Waals surface area contributed by atoms with E-state index in [-0.39, 0.29) is 12.8 Å². The van der Waals surface area contributed by atoms with Crippen LogP contribution in [0.15, 0.2) is 16.6 Å². The van der Waals surface area contributed by atoms with Gasteiger partial charge in [-0.05, 0) is 19.1 Å². The Bertz CT molecular complexity index is 381. The summed E-state index contributed by atoms with van der Waals surface area (Å²) < 4.78 is 11.2. The molecule has 0 amide bonds. The Kier molecular flexibility index (Phi) is 2.86. The van der Waals surface area contributed by atoms with Gasteiger partial charge in [-0.2, -0.15) is 0 Å². The van der Waals surface area contributed by atoms with Crippen LogP contribution in [0.25, 0.3) is 0 Å². The lowest BCUT2D eigenvalue weighted by atomic mass is 10.0. The maximum atomic E-state index is 9.86. The van der Waals surface area contributed by atoms with Crippen LogP contribution in [-0.4, -0.2) is 17.9 Å². The molecule has 1 aromatic carbocycles. The summed E-state index contributed by atoms with van der Waals surface area (Å²) in [6.45, 7) is 1.97. The van der Waals surface area contributed by atoms with Crippen molar-refractivity contribution >= 4 is 15.9 Å². The molecule has 0 aromatic heterocycles. The molecule has 1 aliphatic heterocycles. The van der Waals surface area contributed by atoms with Crippen molar-refractivity contribution in [3.63, 3.8) is 0 Å². The van der Waals surface area contributed by atoms with Crippen molar-refractivity contribution in [2.24, 2.45) is 5.73 Å². The molecule has 0 radical (unpaired) electrons. The summed E-state index contributed by atoms with van der Waals surface area (Å²) in [7, 11) is 0. The van der Waals surface area contributed by atoms with Gasteiger partial charge in [0.15, 0.2) is 11.5 Å². The molecule has 5 heteroatoms. The van der Waals surface area contributed by atoms with Crippen LogP contribution in [0.3, 0.4) is 0 Å². The fraction of sp³-hybridized carbons (Fsp3) is 0.400. The van der Waals surface area contributed by atoms with Gasteiger partial charge in [0.05, 0.1) is 6.10 Å². The first-order valence-corrected chi connectivity index (χ1v) is 5.41. The largest absolute Gasteiger partial charge is 0.454 e. The maximum Gasteiger partial charge on any atom is 0.231 e. The molecule has 1 heterocycles. The number of ether oxygens (including phenoxy) is 2. The molecule has 2 atom stereocenters. The monoisotopic (exact) mass is 273 g/mol. The molecule has 0 bridgehead atoms. The number of fused-ring (bicyclic) bond motifs is 1. The van der Waals surface area contributed by atoms with Gasteiger partial charge in [-0.3, -0.25) is 0 Å². The third-order valence-electron chi connectivity index (χ3n) is 2.31. The standard InChI is InChI=1S/C10H12BrNO3/c1-5(12)10(13)6-2-8-9(3-7(6)11)15-4-14-8/h2-3,5,10,13H,4,12H2,1H3. The zero-order valence-electron chi connectivity index (χ0n) is 8.24. The van der Waals surface area contributed by atoms with Crippen LogP contribution in [0.1, 0.15) is 18.6 Å². The maximum absolute atomic E-state index is 9.86. The summed E-state index contributed by atoms with van der Waals surface area (Å²) in [6.07, 6.45) is -0.714. The highest BCUT2D eigenvalue weighted by Gasteiger charge is 2.21. The van der Waals surface area contributed by atoms with Gasteiger partial charge in [0, 0.05) is 16.1 Å². The Labute approximate surface area is 96.1 Å². The molecule has 0 saturated heterocycles. The lowest BCUT2D eigenvalue weighted by Crippen LogP contribution is -2.24. The van der Waals surface area contributed by atoms with E-state index in [9.17, 15) is 5.11 Å². The van der Waals surface area contributed by atoms with Gasteiger partial charge >= 0.3 is 0 Å². The van der Waals surface area contributed by atoms with E-state index >= 15 is 0 Å². The van der Waals surface area contributed by atoms with Crippen LogP contribution in [0.4, 0.5) is 0 Å². The van der Waals surface area contributed by atoms with E-state index in [2.05, 4.69) is 15.9 Å². The van der Waals surface area contributed by atoms with E-state index in [4.69, 9.17) is 15.2 Å². The molecule has 2 unspecified atom stereocenters. The second-order valence-corrected chi connectivity index (χ2v) is 4.39. The van der Waals surface area contributed by atoms with E-state index in [1.165, 1.54) is 0 Å². The number of halogens is 1. The molecule has 3 N–H and O–H groups in total. The highest BCUT2D eigenvalue weighted by molar-refractivity contribution is 9.10. The van der Waals surface area contributed by atoms with Crippen LogP contribution < -0.4 is 15.2 Å². The summed E-state index contributed by atoms with van der Waals surface area (Å²) in [5.41, 5.74) is 6.36. The molecular weight excluding hydrogens is 262 g/mol. The lowest BCUT2D eigenvalue weighted by molar-refractivity contribution is 0.152. The molecular formula is C10H12BrNO3. The highest BCUT2D eigenvalue weighted by Crippen LogP contribution is 2.39. The van der Waals surface area contributed by atoms with Crippen molar-refractivity contribution in [1.82, 2.24) is 0 Å². The number of aliphatic hydroxyl groups excluding tert-OH is 1. The Hall–Kier alpha value is -0.780. The van der Waals surface area contributed by atoms with Crippen molar-refractivity contribution in [2.75, 3.05) is 6.79 Å². The van der Waals surface area contributed by atoms with Gasteiger partial charge in [0.25, 0.3) is 0 Å². The summed E-state index contributed by atoms with van der Waals surface area (Å²) in [6, 6.07) is 3.20. The fourth-order valence-electron chi connectivity index (χ4n) is 1.44. The second-order valence-electron chi connectivity index (χ2n) is 3.53. The number of aliphatic hydroxyl groups is 1. The van der Waals surface area contributed by atoms with E-state index in [1.54, 1.807) is 19.1 Å². The smallest absolute Gasteiger partial charge is 0.231 e. The van der Waals surface area contributed by atoms with Crippen molar-refractivity contribution in [1.29, 1.82) is 0 Å². The van der Waals surface area contributed by atoms with Crippen LogP contribution in [-0.2, 0) is 0 Å². The molecule has 15 heavy (non-hydrogen) atoms. The van der Waals surface area contributed by atoms with Crippen molar-refractivity contribution < 1.29 is 14.6 Å². The van der Waals surface area contributed by atoms with Crippen LogP contribution in [0.5, 0.6) is 11.5 Å². The van der Waals surface area contributed by atoms with Gasteiger partial charge in [0.2, 0.25) is 6.79 Å². The molecule has 0 saturated carbocycles. The Balaban J connectivity index is 2.40. The van der Waals surface area contributed by atoms with E-state index in [0.717, 1.165) is 4.47 Å². The van der Waals surface area contributed by atoms with Gasteiger partial charge in [-0.1, -0.05) is 15.9 Å².